The maximum Gasteiger partial charge on any atom is 0.307 e. The molecule has 0 atom stereocenters. The van der Waals surface area contributed by atoms with Crippen molar-refractivity contribution in [3.63, 3.8) is 0 Å². The van der Waals surface area contributed by atoms with Gasteiger partial charge in [-0.05, 0) is 23.3 Å². The lowest BCUT2D eigenvalue weighted by Crippen LogP contribution is -2.32. The van der Waals surface area contributed by atoms with Gasteiger partial charge >= 0.3 is 11.9 Å². The Hall–Kier alpha value is -3.72. The molecule has 1 heterocycles. The fraction of sp³-hybridized carbons (Fsp3) is 0.250. The minimum Gasteiger partial charge on any atom is -0.469 e. The Morgan fingerprint density at radius 2 is 1.45 bits per heavy atom. The molecule has 0 aliphatic carbocycles. The van der Waals surface area contributed by atoms with Crippen LogP contribution in [0.15, 0.2) is 73.1 Å². The quantitative estimate of drug-likeness (QED) is 0.365. The van der Waals surface area contributed by atoms with Gasteiger partial charge in [0.25, 0.3) is 0 Å². The Balaban J connectivity index is 1.73. The molecule has 2 aromatic carbocycles. The summed E-state index contributed by atoms with van der Waals surface area (Å²) in [6, 6.07) is 19.3. The first-order valence-electron chi connectivity index (χ1n) is 10.4. The number of rotatable bonds is 9. The van der Waals surface area contributed by atoms with Gasteiger partial charge in [0, 0.05) is 6.20 Å². The molecule has 0 fully saturated rings. The highest BCUT2D eigenvalue weighted by Crippen LogP contribution is 2.23. The molecule has 9 heteroatoms. The molecule has 0 amide bonds. The van der Waals surface area contributed by atoms with E-state index in [4.69, 9.17) is 21.7 Å². The second-order valence-electron chi connectivity index (χ2n) is 7.28. The van der Waals surface area contributed by atoms with Gasteiger partial charge in [-0.15, -0.1) is 0 Å². The molecule has 0 spiro atoms. The highest BCUT2D eigenvalue weighted by atomic mass is 32.1. The van der Waals surface area contributed by atoms with Crippen molar-refractivity contribution >= 4 is 35.0 Å². The Morgan fingerprint density at radius 3 is 1.94 bits per heavy atom. The zero-order valence-corrected chi connectivity index (χ0v) is 19.2. The summed E-state index contributed by atoms with van der Waals surface area (Å²) in [5, 5.41) is 11.2. The van der Waals surface area contributed by atoms with Crippen LogP contribution in [0.2, 0.25) is 0 Å². The molecule has 3 rings (SSSR count). The van der Waals surface area contributed by atoms with Crippen LogP contribution >= 0.6 is 12.2 Å². The van der Waals surface area contributed by atoms with Crippen LogP contribution in [-0.4, -0.2) is 41.1 Å². The summed E-state index contributed by atoms with van der Waals surface area (Å²) in [5.41, 5.74) is 2.76. The third-order valence-corrected chi connectivity index (χ3v) is 5.25. The first-order chi connectivity index (χ1) is 16.0. The van der Waals surface area contributed by atoms with Crippen LogP contribution in [0.25, 0.3) is 0 Å². The number of anilines is 1. The number of hydrogen-bond acceptors (Lipinski definition) is 6. The first kappa shape index (κ1) is 23.9. The highest BCUT2D eigenvalue weighted by molar-refractivity contribution is 7.80. The predicted molar refractivity (Wildman–Crippen MR) is 129 cm³/mol. The number of thiocarbonyl (C=S) groups is 1. The van der Waals surface area contributed by atoms with E-state index < -0.39 is 18.0 Å². The van der Waals surface area contributed by atoms with E-state index in [9.17, 15) is 9.59 Å². The number of ether oxygens (including phenoxy) is 2. The average Bonchev–Trinajstić information content (AvgIpc) is 3.31. The predicted octanol–water partition coefficient (Wildman–Crippen LogP) is 3.63. The first-order valence-corrected chi connectivity index (χ1v) is 10.8. The topological polar surface area (TPSA) is 94.5 Å². The number of benzene rings is 2. The molecule has 3 aromatic rings. The Bertz CT molecular complexity index is 1010. The molecule has 0 bridgehead atoms. The van der Waals surface area contributed by atoms with E-state index in [2.05, 4.69) is 15.7 Å². The molecule has 0 aliphatic heterocycles. The molecule has 33 heavy (non-hydrogen) atoms. The summed E-state index contributed by atoms with van der Waals surface area (Å²) in [6.45, 7) is 0. The normalized spacial score (nSPS) is 10.7. The average molecular weight is 467 g/mol. The molecule has 1 aromatic heterocycles. The van der Waals surface area contributed by atoms with E-state index in [1.54, 1.807) is 12.4 Å². The summed E-state index contributed by atoms with van der Waals surface area (Å²) >= 11 is 5.56. The molecule has 2 N–H and O–H groups in total. The lowest BCUT2D eigenvalue weighted by Gasteiger charge is -2.21. The largest absolute Gasteiger partial charge is 0.469 e. The minimum absolute atomic E-state index is 0.0144. The molecule has 172 valence electrons. The molecule has 0 unspecified atom stereocenters. The number of aromatic nitrogens is 2. The van der Waals surface area contributed by atoms with Crippen LogP contribution in [0.5, 0.6) is 0 Å². The number of carbonyl (C=O) groups is 2. The van der Waals surface area contributed by atoms with E-state index in [-0.39, 0.29) is 18.9 Å². The molecule has 0 saturated carbocycles. The van der Waals surface area contributed by atoms with Crippen LogP contribution in [-0.2, 0) is 19.1 Å². The lowest BCUT2D eigenvalue weighted by molar-refractivity contribution is -0.144. The van der Waals surface area contributed by atoms with Crippen molar-refractivity contribution in [2.45, 2.75) is 24.9 Å². The second kappa shape index (κ2) is 11.8. The Kier molecular flexibility index (Phi) is 8.54. The SMILES string of the molecule is COC(=O)CC(CC(=O)OC)n1cc(NC(=S)NC(c2ccccc2)c2ccccc2)cn1. The summed E-state index contributed by atoms with van der Waals surface area (Å²) in [5.74, 6) is -0.890. The fourth-order valence-corrected chi connectivity index (χ4v) is 3.60. The van der Waals surface area contributed by atoms with E-state index in [0.29, 0.717) is 10.8 Å². The number of methoxy groups -OCH3 is 2. The van der Waals surface area contributed by atoms with E-state index >= 15 is 0 Å². The van der Waals surface area contributed by atoms with Crippen molar-refractivity contribution in [3.05, 3.63) is 84.2 Å². The number of hydrogen-bond donors (Lipinski definition) is 2. The smallest absolute Gasteiger partial charge is 0.307 e. The third kappa shape index (κ3) is 6.88. The number of nitrogens with zero attached hydrogens (tertiary/aromatic N) is 2. The van der Waals surface area contributed by atoms with Crippen LogP contribution in [0.3, 0.4) is 0 Å². The van der Waals surface area contributed by atoms with Gasteiger partial charge in [-0.1, -0.05) is 60.7 Å². The zero-order chi connectivity index (χ0) is 23.6. The van der Waals surface area contributed by atoms with Gasteiger partial charge in [0.2, 0.25) is 0 Å². The number of carbonyl (C=O) groups excluding carboxylic acids is 2. The maximum atomic E-state index is 11.8. The van der Waals surface area contributed by atoms with Crippen LogP contribution in [0, 0.1) is 0 Å². The van der Waals surface area contributed by atoms with Crippen LogP contribution in [0.1, 0.15) is 36.1 Å². The van der Waals surface area contributed by atoms with E-state index in [1.165, 1.54) is 18.9 Å². The standard InChI is InChI=1S/C24H26N4O4S/c1-31-21(29)13-20(14-22(30)32-2)28-16-19(15-25-28)26-24(33)27-23(17-9-5-3-6-10-17)18-11-7-4-8-12-18/h3-12,15-16,20,23H,13-14H2,1-2H3,(H2,26,27,33). The molecular weight excluding hydrogens is 440 g/mol. The summed E-state index contributed by atoms with van der Waals surface area (Å²) in [7, 11) is 2.60. The lowest BCUT2D eigenvalue weighted by atomic mass is 9.99. The molecule has 0 saturated heterocycles. The molecule has 0 radical (unpaired) electrons. The maximum absolute atomic E-state index is 11.8. The second-order valence-corrected chi connectivity index (χ2v) is 7.68. The van der Waals surface area contributed by atoms with Gasteiger partial charge < -0.3 is 20.1 Å². The van der Waals surface area contributed by atoms with Crippen molar-refractivity contribution in [3.8, 4) is 0 Å². The Labute approximate surface area is 197 Å². The third-order valence-electron chi connectivity index (χ3n) is 5.03. The van der Waals surface area contributed by atoms with Crippen molar-refractivity contribution in [1.29, 1.82) is 0 Å². The van der Waals surface area contributed by atoms with Crippen molar-refractivity contribution in [2.24, 2.45) is 0 Å². The summed E-state index contributed by atoms with van der Waals surface area (Å²) < 4.78 is 11.0. The van der Waals surface area contributed by atoms with Gasteiger partial charge in [-0.2, -0.15) is 5.10 Å². The van der Waals surface area contributed by atoms with Gasteiger partial charge in [0.1, 0.15) is 0 Å². The number of esters is 2. The van der Waals surface area contributed by atoms with Gasteiger partial charge in [-0.3, -0.25) is 14.3 Å². The van der Waals surface area contributed by atoms with Crippen molar-refractivity contribution in [2.75, 3.05) is 19.5 Å². The monoisotopic (exact) mass is 466 g/mol. The molecular formula is C24H26N4O4S. The van der Waals surface area contributed by atoms with E-state index in [0.717, 1.165) is 11.1 Å². The fourth-order valence-electron chi connectivity index (χ4n) is 3.36. The van der Waals surface area contributed by atoms with Crippen molar-refractivity contribution in [1.82, 2.24) is 15.1 Å². The zero-order valence-electron chi connectivity index (χ0n) is 18.4. The summed E-state index contributed by atoms with van der Waals surface area (Å²) in [6.07, 6.45) is 3.24. The van der Waals surface area contributed by atoms with Gasteiger partial charge in [-0.25, -0.2) is 0 Å². The minimum atomic E-state index is -0.539. The van der Waals surface area contributed by atoms with Crippen LogP contribution in [0.4, 0.5) is 5.69 Å². The van der Waals surface area contributed by atoms with Gasteiger partial charge in [0.15, 0.2) is 5.11 Å². The molecule has 0 aliphatic rings. The van der Waals surface area contributed by atoms with Gasteiger partial charge in [0.05, 0.1) is 51.0 Å². The highest BCUT2D eigenvalue weighted by Gasteiger charge is 2.22. The number of nitrogens with one attached hydrogen (secondary N) is 2. The summed E-state index contributed by atoms with van der Waals surface area (Å²) in [4.78, 5) is 23.6. The van der Waals surface area contributed by atoms with E-state index in [1.807, 2.05) is 60.7 Å². The molecule has 8 nitrogen and oxygen atoms in total. The van der Waals surface area contributed by atoms with Crippen molar-refractivity contribution < 1.29 is 19.1 Å². The van der Waals surface area contributed by atoms with Crippen LogP contribution < -0.4 is 10.6 Å². The Morgan fingerprint density at radius 1 is 0.939 bits per heavy atom.